The molecule has 0 spiro atoms. The molecular weight excluding hydrogens is 270 g/mol. The van der Waals surface area contributed by atoms with Crippen LogP contribution < -0.4 is 10.1 Å². The van der Waals surface area contributed by atoms with Crippen LogP contribution in [0.5, 0.6) is 5.75 Å². The molecule has 2 rings (SSSR count). The second-order valence-electron chi connectivity index (χ2n) is 4.90. The van der Waals surface area contributed by atoms with E-state index in [9.17, 15) is 0 Å². The maximum absolute atomic E-state index is 5.82. The molecule has 5 nitrogen and oxygen atoms in total. The SMILES string of the molecule is CCNC(CC1OCCO1)c1ccccc1OCCOC. The van der Waals surface area contributed by atoms with Gasteiger partial charge in [0, 0.05) is 25.1 Å². The van der Waals surface area contributed by atoms with Gasteiger partial charge in [-0.1, -0.05) is 25.1 Å². The fourth-order valence-electron chi connectivity index (χ4n) is 2.44. The van der Waals surface area contributed by atoms with E-state index in [0.717, 1.165) is 24.3 Å². The fourth-order valence-corrected chi connectivity index (χ4v) is 2.44. The maximum atomic E-state index is 5.82. The monoisotopic (exact) mass is 295 g/mol. The van der Waals surface area contributed by atoms with Gasteiger partial charge >= 0.3 is 0 Å². The minimum atomic E-state index is -0.138. The van der Waals surface area contributed by atoms with Crippen molar-refractivity contribution in [1.29, 1.82) is 0 Å². The van der Waals surface area contributed by atoms with E-state index in [4.69, 9.17) is 18.9 Å². The third-order valence-electron chi connectivity index (χ3n) is 3.41. The first kappa shape index (κ1) is 16.2. The summed E-state index contributed by atoms with van der Waals surface area (Å²) in [5.41, 5.74) is 1.13. The summed E-state index contributed by atoms with van der Waals surface area (Å²) in [7, 11) is 1.67. The Kier molecular flexibility index (Phi) is 6.95. The van der Waals surface area contributed by atoms with Crippen molar-refractivity contribution in [2.24, 2.45) is 0 Å². The standard InChI is InChI=1S/C16H25NO4/c1-3-17-14(12-16-20-10-11-21-16)13-6-4-5-7-15(13)19-9-8-18-2/h4-7,14,16-17H,3,8-12H2,1-2H3. The van der Waals surface area contributed by atoms with E-state index in [1.807, 2.05) is 18.2 Å². The van der Waals surface area contributed by atoms with Gasteiger partial charge in [0.15, 0.2) is 6.29 Å². The number of methoxy groups -OCH3 is 1. The van der Waals surface area contributed by atoms with E-state index in [1.54, 1.807) is 7.11 Å². The molecule has 1 heterocycles. The molecule has 0 aromatic heterocycles. The van der Waals surface area contributed by atoms with Gasteiger partial charge < -0.3 is 24.3 Å². The van der Waals surface area contributed by atoms with Crippen molar-refractivity contribution in [3.63, 3.8) is 0 Å². The Morgan fingerprint density at radius 2 is 2.00 bits per heavy atom. The third-order valence-corrected chi connectivity index (χ3v) is 3.41. The number of benzene rings is 1. The first-order valence-electron chi connectivity index (χ1n) is 7.52. The van der Waals surface area contributed by atoms with E-state index < -0.39 is 0 Å². The maximum Gasteiger partial charge on any atom is 0.159 e. The van der Waals surface area contributed by atoms with Gasteiger partial charge in [-0.05, 0) is 12.6 Å². The molecule has 1 aromatic rings. The van der Waals surface area contributed by atoms with Crippen molar-refractivity contribution in [3.8, 4) is 5.75 Å². The summed E-state index contributed by atoms with van der Waals surface area (Å²) in [6.45, 7) is 5.45. The predicted octanol–water partition coefficient (Wildman–Crippen LogP) is 2.13. The summed E-state index contributed by atoms with van der Waals surface area (Å²) in [6.07, 6.45) is 0.638. The fraction of sp³-hybridized carbons (Fsp3) is 0.625. The Bertz CT molecular complexity index is 407. The van der Waals surface area contributed by atoms with Crippen LogP contribution in [-0.4, -0.2) is 46.4 Å². The normalized spacial score (nSPS) is 17.0. The summed E-state index contributed by atoms with van der Waals surface area (Å²) in [4.78, 5) is 0. The lowest BCUT2D eigenvalue weighted by Crippen LogP contribution is -2.26. The van der Waals surface area contributed by atoms with Crippen molar-refractivity contribution in [2.75, 3.05) is 40.1 Å². The van der Waals surface area contributed by atoms with Crippen LogP contribution in [0.3, 0.4) is 0 Å². The molecule has 5 heteroatoms. The van der Waals surface area contributed by atoms with Crippen molar-refractivity contribution in [3.05, 3.63) is 29.8 Å². The van der Waals surface area contributed by atoms with E-state index in [0.29, 0.717) is 26.4 Å². The van der Waals surface area contributed by atoms with Crippen LogP contribution in [0.25, 0.3) is 0 Å². The molecule has 1 N–H and O–H groups in total. The lowest BCUT2D eigenvalue weighted by atomic mass is 10.0. The average molecular weight is 295 g/mol. The van der Waals surface area contributed by atoms with Gasteiger partial charge in [0.05, 0.1) is 19.8 Å². The highest BCUT2D eigenvalue weighted by atomic mass is 16.7. The minimum Gasteiger partial charge on any atom is -0.491 e. The predicted molar refractivity (Wildman–Crippen MR) is 80.5 cm³/mol. The molecule has 1 fully saturated rings. The molecule has 0 bridgehead atoms. The zero-order valence-corrected chi connectivity index (χ0v) is 12.8. The highest BCUT2D eigenvalue weighted by Crippen LogP contribution is 2.29. The Hall–Kier alpha value is -1.14. The molecule has 0 amide bonds. The van der Waals surface area contributed by atoms with Crippen molar-refractivity contribution >= 4 is 0 Å². The number of ether oxygens (including phenoxy) is 4. The molecular formula is C16H25NO4. The van der Waals surface area contributed by atoms with Crippen LogP contribution in [0.15, 0.2) is 24.3 Å². The molecule has 1 atom stereocenters. The quantitative estimate of drug-likeness (QED) is 0.707. The molecule has 0 aliphatic carbocycles. The molecule has 1 unspecified atom stereocenters. The van der Waals surface area contributed by atoms with E-state index >= 15 is 0 Å². The summed E-state index contributed by atoms with van der Waals surface area (Å²) in [5.74, 6) is 0.887. The Labute approximate surface area is 126 Å². The van der Waals surface area contributed by atoms with Gasteiger partial charge in [-0.3, -0.25) is 0 Å². The molecule has 1 saturated heterocycles. The second kappa shape index (κ2) is 9.00. The van der Waals surface area contributed by atoms with Crippen molar-refractivity contribution in [2.45, 2.75) is 25.7 Å². The van der Waals surface area contributed by atoms with Crippen LogP contribution >= 0.6 is 0 Å². The average Bonchev–Trinajstić information content (AvgIpc) is 3.01. The van der Waals surface area contributed by atoms with Crippen molar-refractivity contribution < 1.29 is 18.9 Å². The number of rotatable bonds is 9. The van der Waals surface area contributed by atoms with Crippen LogP contribution in [-0.2, 0) is 14.2 Å². The highest BCUT2D eigenvalue weighted by Gasteiger charge is 2.24. The number of hydrogen-bond acceptors (Lipinski definition) is 5. The van der Waals surface area contributed by atoms with Crippen LogP contribution in [0, 0.1) is 0 Å². The smallest absolute Gasteiger partial charge is 0.159 e. The Morgan fingerprint density at radius 1 is 1.24 bits per heavy atom. The number of hydrogen-bond donors (Lipinski definition) is 1. The molecule has 1 aromatic carbocycles. The zero-order chi connectivity index (χ0) is 14.9. The van der Waals surface area contributed by atoms with Gasteiger partial charge in [-0.25, -0.2) is 0 Å². The van der Waals surface area contributed by atoms with E-state index in [-0.39, 0.29) is 12.3 Å². The zero-order valence-electron chi connectivity index (χ0n) is 12.8. The lowest BCUT2D eigenvalue weighted by molar-refractivity contribution is -0.0530. The second-order valence-corrected chi connectivity index (χ2v) is 4.90. The summed E-state index contributed by atoms with van der Waals surface area (Å²) in [6, 6.07) is 8.24. The Balaban J connectivity index is 2.06. The molecule has 1 aliphatic heterocycles. The third kappa shape index (κ3) is 4.97. The van der Waals surface area contributed by atoms with Crippen LogP contribution in [0.2, 0.25) is 0 Å². The first-order valence-corrected chi connectivity index (χ1v) is 7.52. The topological polar surface area (TPSA) is 49.0 Å². The minimum absolute atomic E-state index is 0.138. The number of para-hydroxylation sites is 1. The van der Waals surface area contributed by atoms with Gasteiger partial charge in [0.25, 0.3) is 0 Å². The van der Waals surface area contributed by atoms with Crippen LogP contribution in [0.4, 0.5) is 0 Å². The summed E-state index contributed by atoms with van der Waals surface area (Å²) in [5, 5.41) is 3.49. The Morgan fingerprint density at radius 3 is 2.71 bits per heavy atom. The van der Waals surface area contributed by atoms with Gasteiger partial charge in [0.1, 0.15) is 12.4 Å². The van der Waals surface area contributed by atoms with Gasteiger partial charge in [-0.2, -0.15) is 0 Å². The first-order chi connectivity index (χ1) is 10.3. The molecule has 0 radical (unpaired) electrons. The molecule has 0 saturated carbocycles. The molecule has 118 valence electrons. The molecule has 1 aliphatic rings. The summed E-state index contributed by atoms with van der Waals surface area (Å²) < 4.78 is 22.0. The molecule has 21 heavy (non-hydrogen) atoms. The highest BCUT2D eigenvalue weighted by molar-refractivity contribution is 5.36. The largest absolute Gasteiger partial charge is 0.491 e. The lowest BCUT2D eigenvalue weighted by Gasteiger charge is -2.23. The van der Waals surface area contributed by atoms with Crippen molar-refractivity contribution in [1.82, 2.24) is 5.32 Å². The van der Waals surface area contributed by atoms with Gasteiger partial charge in [-0.15, -0.1) is 0 Å². The van der Waals surface area contributed by atoms with E-state index in [2.05, 4.69) is 18.3 Å². The van der Waals surface area contributed by atoms with E-state index in [1.165, 1.54) is 0 Å². The summed E-state index contributed by atoms with van der Waals surface area (Å²) >= 11 is 0. The number of nitrogens with one attached hydrogen (secondary N) is 1. The van der Waals surface area contributed by atoms with Gasteiger partial charge in [0.2, 0.25) is 0 Å². The van der Waals surface area contributed by atoms with Crippen LogP contribution in [0.1, 0.15) is 24.9 Å².